The number of nitrogens with zero attached hydrogens (tertiary/aromatic N) is 3. The van der Waals surface area contributed by atoms with Crippen molar-refractivity contribution in [2.45, 2.75) is 38.6 Å². The number of methoxy groups -OCH3 is 2. The summed E-state index contributed by atoms with van der Waals surface area (Å²) in [6, 6.07) is 14.4. The zero-order valence-electron chi connectivity index (χ0n) is 16.8. The summed E-state index contributed by atoms with van der Waals surface area (Å²) in [4.78, 5) is 4.28. The van der Waals surface area contributed by atoms with Crippen molar-refractivity contribution in [3.05, 3.63) is 65.7 Å². The van der Waals surface area contributed by atoms with Gasteiger partial charge in [0, 0.05) is 19.0 Å². The van der Waals surface area contributed by atoms with Gasteiger partial charge in [0.05, 0.1) is 20.8 Å². The SMILES string of the molecule is COc1cc(CNC2CCc3ncnn3C2)cc(OC)c1OCc1ccccc1. The molecule has 3 aromatic rings. The standard InChI is InChI=1S/C22H26N4O3/c1-27-19-10-17(12-23-18-8-9-21-24-15-25-26(21)13-18)11-20(28-2)22(19)29-14-16-6-4-3-5-7-16/h3-7,10-11,15,18,23H,8-9,12-14H2,1-2H3. The van der Waals surface area contributed by atoms with Gasteiger partial charge >= 0.3 is 0 Å². The maximum atomic E-state index is 6.03. The van der Waals surface area contributed by atoms with E-state index in [9.17, 15) is 0 Å². The molecule has 0 saturated carbocycles. The van der Waals surface area contributed by atoms with Crippen LogP contribution < -0.4 is 19.5 Å². The van der Waals surface area contributed by atoms with E-state index in [4.69, 9.17) is 14.2 Å². The smallest absolute Gasteiger partial charge is 0.203 e. The molecule has 0 fully saturated rings. The van der Waals surface area contributed by atoms with E-state index in [1.54, 1.807) is 20.5 Å². The largest absolute Gasteiger partial charge is 0.493 e. The zero-order chi connectivity index (χ0) is 20.1. The topological polar surface area (TPSA) is 70.4 Å². The van der Waals surface area contributed by atoms with E-state index in [0.717, 1.165) is 36.3 Å². The first kappa shape index (κ1) is 19.3. The van der Waals surface area contributed by atoms with E-state index in [1.165, 1.54) is 0 Å². The number of hydrogen-bond acceptors (Lipinski definition) is 6. The van der Waals surface area contributed by atoms with Crippen molar-refractivity contribution in [1.29, 1.82) is 0 Å². The van der Waals surface area contributed by atoms with Crippen molar-refractivity contribution >= 4 is 0 Å². The number of rotatable bonds is 8. The van der Waals surface area contributed by atoms with Crippen LogP contribution in [-0.4, -0.2) is 35.0 Å². The molecule has 7 heteroatoms. The Morgan fingerprint density at radius 2 is 1.83 bits per heavy atom. The third kappa shape index (κ3) is 4.51. The Morgan fingerprint density at radius 1 is 1.07 bits per heavy atom. The molecule has 152 valence electrons. The summed E-state index contributed by atoms with van der Waals surface area (Å²) in [5.41, 5.74) is 2.17. The maximum absolute atomic E-state index is 6.03. The van der Waals surface area contributed by atoms with Gasteiger partial charge in [0.2, 0.25) is 5.75 Å². The molecule has 0 amide bonds. The predicted molar refractivity (Wildman–Crippen MR) is 109 cm³/mol. The van der Waals surface area contributed by atoms with Crippen LogP contribution in [0.5, 0.6) is 17.2 Å². The molecule has 0 bridgehead atoms. The van der Waals surface area contributed by atoms with Crippen LogP contribution in [0.15, 0.2) is 48.8 Å². The highest BCUT2D eigenvalue weighted by Crippen LogP contribution is 2.39. The molecule has 1 atom stereocenters. The molecule has 4 rings (SSSR count). The number of fused-ring (bicyclic) bond motifs is 1. The molecular weight excluding hydrogens is 368 g/mol. The van der Waals surface area contributed by atoms with Gasteiger partial charge in [0.15, 0.2) is 11.5 Å². The molecule has 0 spiro atoms. The van der Waals surface area contributed by atoms with Gasteiger partial charge in [-0.3, -0.25) is 0 Å². The van der Waals surface area contributed by atoms with E-state index in [0.29, 0.717) is 36.4 Å². The van der Waals surface area contributed by atoms with Crippen molar-refractivity contribution in [2.24, 2.45) is 0 Å². The quantitative estimate of drug-likeness (QED) is 0.633. The van der Waals surface area contributed by atoms with Crippen LogP contribution in [0, 0.1) is 0 Å². The number of benzene rings is 2. The Labute approximate surface area is 170 Å². The van der Waals surface area contributed by atoms with Crippen molar-refractivity contribution < 1.29 is 14.2 Å². The van der Waals surface area contributed by atoms with Crippen molar-refractivity contribution in [3.8, 4) is 17.2 Å². The average Bonchev–Trinajstić information content (AvgIpc) is 3.24. The van der Waals surface area contributed by atoms with Gasteiger partial charge in [-0.05, 0) is 29.7 Å². The van der Waals surface area contributed by atoms with Crippen LogP contribution in [0.1, 0.15) is 23.4 Å². The van der Waals surface area contributed by atoms with Gasteiger partial charge in [-0.25, -0.2) is 9.67 Å². The molecule has 1 N–H and O–H groups in total. The second-order valence-electron chi connectivity index (χ2n) is 7.08. The highest BCUT2D eigenvalue weighted by Gasteiger charge is 2.20. The lowest BCUT2D eigenvalue weighted by molar-refractivity contribution is 0.265. The maximum Gasteiger partial charge on any atom is 0.203 e. The van der Waals surface area contributed by atoms with Crippen molar-refractivity contribution in [2.75, 3.05) is 14.2 Å². The second-order valence-corrected chi connectivity index (χ2v) is 7.08. The fraction of sp³-hybridized carbons (Fsp3) is 0.364. The van der Waals surface area contributed by atoms with Crippen LogP contribution >= 0.6 is 0 Å². The second kappa shape index (κ2) is 8.96. The molecule has 1 aromatic heterocycles. The number of aryl methyl sites for hydroxylation is 1. The summed E-state index contributed by atoms with van der Waals surface area (Å²) in [6.45, 7) is 2.00. The number of nitrogens with one attached hydrogen (secondary N) is 1. The first-order valence-electron chi connectivity index (χ1n) is 9.78. The Bertz CT molecular complexity index is 917. The Morgan fingerprint density at radius 3 is 2.55 bits per heavy atom. The minimum absolute atomic E-state index is 0.357. The number of aromatic nitrogens is 3. The molecule has 2 aromatic carbocycles. The number of hydrogen-bond donors (Lipinski definition) is 1. The number of ether oxygens (including phenoxy) is 3. The van der Waals surface area contributed by atoms with E-state index in [1.807, 2.05) is 47.1 Å². The van der Waals surface area contributed by atoms with Crippen LogP contribution in [0.2, 0.25) is 0 Å². The molecule has 2 heterocycles. The van der Waals surface area contributed by atoms with Gasteiger partial charge in [0.25, 0.3) is 0 Å². The van der Waals surface area contributed by atoms with E-state index in [2.05, 4.69) is 15.4 Å². The van der Waals surface area contributed by atoms with Gasteiger partial charge < -0.3 is 19.5 Å². The Hall–Kier alpha value is -3.06. The first-order valence-corrected chi connectivity index (χ1v) is 9.78. The summed E-state index contributed by atoms with van der Waals surface area (Å²) < 4.78 is 19.2. The molecular formula is C22H26N4O3. The minimum atomic E-state index is 0.357. The minimum Gasteiger partial charge on any atom is -0.493 e. The normalized spacial score (nSPS) is 15.6. The molecule has 0 radical (unpaired) electrons. The highest BCUT2D eigenvalue weighted by molar-refractivity contribution is 5.54. The zero-order valence-corrected chi connectivity index (χ0v) is 16.8. The van der Waals surface area contributed by atoms with Gasteiger partial charge in [-0.2, -0.15) is 5.10 Å². The summed E-state index contributed by atoms with van der Waals surface area (Å²) in [6.07, 6.45) is 3.61. The predicted octanol–water partition coefficient (Wildman–Crippen LogP) is 2.98. The fourth-order valence-corrected chi connectivity index (χ4v) is 3.57. The van der Waals surface area contributed by atoms with Gasteiger partial charge in [-0.1, -0.05) is 30.3 Å². The van der Waals surface area contributed by atoms with Crippen LogP contribution in [0.25, 0.3) is 0 Å². The lowest BCUT2D eigenvalue weighted by Crippen LogP contribution is -2.37. The van der Waals surface area contributed by atoms with Crippen LogP contribution in [0.3, 0.4) is 0 Å². The van der Waals surface area contributed by atoms with E-state index >= 15 is 0 Å². The Balaban J connectivity index is 1.44. The van der Waals surface area contributed by atoms with Crippen molar-refractivity contribution in [1.82, 2.24) is 20.1 Å². The third-order valence-corrected chi connectivity index (χ3v) is 5.15. The summed E-state index contributed by atoms with van der Waals surface area (Å²) in [5.74, 6) is 3.01. The summed E-state index contributed by atoms with van der Waals surface area (Å²) in [5, 5.41) is 7.89. The highest BCUT2D eigenvalue weighted by atomic mass is 16.5. The molecule has 29 heavy (non-hydrogen) atoms. The third-order valence-electron chi connectivity index (χ3n) is 5.15. The summed E-state index contributed by atoms with van der Waals surface area (Å²) in [7, 11) is 3.30. The molecule has 0 aliphatic carbocycles. The van der Waals surface area contributed by atoms with Crippen LogP contribution in [0.4, 0.5) is 0 Å². The lowest BCUT2D eigenvalue weighted by atomic mass is 10.1. The molecule has 1 unspecified atom stereocenters. The van der Waals surface area contributed by atoms with Gasteiger partial charge in [0.1, 0.15) is 18.8 Å². The van der Waals surface area contributed by atoms with Crippen molar-refractivity contribution in [3.63, 3.8) is 0 Å². The monoisotopic (exact) mass is 394 g/mol. The molecule has 0 saturated heterocycles. The average molecular weight is 394 g/mol. The van der Waals surface area contributed by atoms with Gasteiger partial charge in [-0.15, -0.1) is 0 Å². The fourth-order valence-electron chi connectivity index (χ4n) is 3.57. The van der Waals surface area contributed by atoms with E-state index < -0.39 is 0 Å². The Kier molecular flexibility index (Phi) is 5.95. The molecule has 1 aliphatic heterocycles. The first-order chi connectivity index (χ1) is 14.3. The van der Waals surface area contributed by atoms with Crippen LogP contribution in [-0.2, 0) is 26.1 Å². The van der Waals surface area contributed by atoms with E-state index in [-0.39, 0.29) is 0 Å². The lowest BCUT2D eigenvalue weighted by Gasteiger charge is -2.24. The molecule has 1 aliphatic rings. The molecule has 7 nitrogen and oxygen atoms in total. The summed E-state index contributed by atoms with van der Waals surface area (Å²) >= 11 is 0.